The second-order valence-electron chi connectivity index (χ2n) is 5.59. The molecular weight excluding hydrogens is 268 g/mol. The molecule has 0 bridgehead atoms. The van der Waals surface area contributed by atoms with Gasteiger partial charge >= 0.3 is 12.0 Å². The van der Waals surface area contributed by atoms with Crippen LogP contribution in [0.15, 0.2) is 30.3 Å². The van der Waals surface area contributed by atoms with Gasteiger partial charge in [-0.15, -0.1) is 0 Å². The highest BCUT2D eigenvalue weighted by atomic mass is 16.4. The summed E-state index contributed by atoms with van der Waals surface area (Å²) in [6.45, 7) is 0.391. The Bertz CT molecular complexity index is 480. The molecule has 21 heavy (non-hydrogen) atoms. The molecule has 5 nitrogen and oxygen atoms in total. The zero-order valence-corrected chi connectivity index (χ0v) is 12.1. The molecular formula is C16H22N2O3. The number of carbonyl (C=O) groups excluding carboxylic acids is 1. The van der Waals surface area contributed by atoms with Crippen LogP contribution in [0.5, 0.6) is 0 Å². The monoisotopic (exact) mass is 290 g/mol. The highest BCUT2D eigenvalue weighted by molar-refractivity contribution is 5.86. The van der Waals surface area contributed by atoms with Crippen LogP contribution in [0.25, 0.3) is 0 Å². The number of benzene rings is 1. The maximum Gasteiger partial charge on any atom is 0.329 e. The molecule has 1 aliphatic carbocycles. The van der Waals surface area contributed by atoms with E-state index in [0.29, 0.717) is 19.4 Å². The average Bonchev–Trinajstić information content (AvgIpc) is 2.73. The third-order valence-corrected chi connectivity index (χ3v) is 4.02. The number of carboxylic acid groups (broad SMARTS) is 1. The second kappa shape index (κ2) is 7.11. The number of carboxylic acids is 1. The zero-order chi connectivity index (χ0) is 15.1. The summed E-state index contributed by atoms with van der Waals surface area (Å²) in [5.41, 5.74) is -0.130. The van der Waals surface area contributed by atoms with Crippen molar-refractivity contribution in [1.82, 2.24) is 10.6 Å². The van der Waals surface area contributed by atoms with E-state index in [1.54, 1.807) is 0 Å². The van der Waals surface area contributed by atoms with Gasteiger partial charge in [0.15, 0.2) is 0 Å². The maximum atomic E-state index is 12.0. The highest BCUT2D eigenvalue weighted by Crippen LogP contribution is 2.27. The zero-order valence-electron chi connectivity index (χ0n) is 12.1. The van der Waals surface area contributed by atoms with Gasteiger partial charge in [0.2, 0.25) is 0 Å². The van der Waals surface area contributed by atoms with Gasteiger partial charge in [-0.1, -0.05) is 56.0 Å². The van der Waals surface area contributed by atoms with E-state index >= 15 is 0 Å². The summed E-state index contributed by atoms with van der Waals surface area (Å²) in [5.74, 6) is -0.931. The molecule has 1 aromatic rings. The van der Waals surface area contributed by atoms with Gasteiger partial charge < -0.3 is 15.7 Å². The first-order valence-electron chi connectivity index (χ1n) is 7.46. The molecule has 1 aliphatic rings. The Labute approximate surface area is 124 Å². The lowest BCUT2D eigenvalue weighted by Crippen LogP contribution is -2.56. The van der Waals surface area contributed by atoms with Crippen LogP contribution in [0.2, 0.25) is 0 Å². The van der Waals surface area contributed by atoms with Crippen molar-refractivity contribution in [2.75, 3.05) is 0 Å². The predicted octanol–water partition coefficient (Wildman–Crippen LogP) is 2.66. The molecule has 2 rings (SSSR count). The molecule has 114 valence electrons. The molecule has 1 fully saturated rings. The van der Waals surface area contributed by atoms with Crippen LogP contribution >= 0.6 is 0 Å². The van der Waals surface area contributed by atoms with Crippen molar-refractivity contribution < 1.29 is 14.7 Å². The first-order chi connectivity index (χ1) is 10.1. The summed E-state index contributed by atoms with van der Waals surface area (Å²) in [6.07, 6.45) is 4.74. The SMILES string of the molecule is O=C(NCc1ccccc1)NC1(C(=O)O)CCCCCC1. The molecule has 3 N–H and O–H groups in total. The highest BCUT2D eigenvalue weighted by Gasteiger charge is 2.39. The summed E-state index contributed by atoms with van der Waals surface area (Å²) in [4.78, 5) is 23.6. The fourth-order valence-electron chi connectivity index (χ4n) is 2.76. The number of nitrogens with one attached hydrogen (secondary N) is 2. The second-order valence-corrected chi connectivity index (χ2v) is 5.59. The van der Waals surface area contributed by atoms with Gasteiger partial charge in [-0.2, -0.15) is 0 Å². The summed E-state index contributed by atoms with van der Waals surface area (Å²) >= 11 is 0. The minimum atomic E-state index is -1.11. The van der Waals surface area contributed by atoms with Gasteiger partial charge in [0.1, 0.15) is 5.54 Å². The third kappa shape index (κ3) is 4.21. The number of hydrogen-bond acceptors (Lipinski definition) is 2. The lowest BCUT2D eigenvalue weighted by Gasteiger charge is -2.29. The predicted molar refractivity (Wildman–Crippen MR) is 79.9 cm³/mol. The molecule has 2 amide bonds. The van der Waals surface area contributed by atoms with Gasteiger partial charge in [0, 0.05) is 6.54 Å². The van der Waals surface area contributed by atoms with Gasteiger partial charge in [-0.05, 0) is 18.4 Å². The molecule has 5 heteroatoms. The summed E-state index contributed by atoms with van der Waals surface area (Å²) < 4.78 is 0. The van der Waals surface area contributed by atoms with Gasteiger partial charge in [0.25, 0.3) is 0 Å². The fraction of sp³-hybridized carbons (Fsp3) is 0.500. The van der Waals surface area contributed by atoms with E-state index in [9.17, 15) is 14.7 Å². The van der Waals surface area contributed by atoms with E-state index in [-0.39, 0.29) is 0 Å². The van der Waals surface area contributed by atoms with Crippen LogP contribution in [0.1, 0.15) is 44.1 Å². The number of carbonyl (C=O) groups is 2. The Morgan fingerprint density at radius 2 is 1.67 bits per heavy atom. The first kappa shape index (κ1) is 15.4. The number of aliphatic carboxylic acids is 1. The Morgan fingerprint density at radius 3 is 2.24 bits per heavy atom. The first-order valence-corrected chi connectivity index (χ1v) is 7.46. The lowest BCUT2D eigenvalue weighted by molar-refractivity contribution is -0.145. The molecule has 0 radical (unpaired) electrons. The van der Waals surface area contributed by atoms with E-state index in [1.165, 1.54) is 0 Å². The van der Waals surface area contributed by atoms with Crippen LogP contribution in [0, 0.1) is 0 Å². The van der Waals surface area contributed by atoms with Crippen molar-refractivity contribution in [3.8, 4) is 0 Å². The minimum Gasteiger partial charge on any atom is -0.480 e. The molecule has 0 aliphatic heterocycles. The average molecular weight is 290 g/mol. The van der Waals surface area contributed by atoms with E-state index in [4.69, 9.17) is 0 Å². The Hall–Kier alpha value is -2.04. The van der Waals surface area contributed by atoms with E-state index in [1.807, 2.05) is 30.3 Å². The van der Waals surface area contributed by atoms with Crippen molar-refractivity contribution in [3.63, 3.8) is 0 Å². The van der Waals surface area contributed by atoms with Gasteiger partial charge in [-0.3, -0.25) is 0 Å². The van der Waals surface area contributed by atoms with Gasteiger partial charge in [0.05, 0.1) is 0 Å². The molecule has 0 atom stereocenters. The third-order valence-electron chi connectivity index (χ3n) is 4.02. The minimum absolute atomic E-state index is 0.391. The molecule has 0 aromatic heterocycles. The molecule has 0 spiro atoms. The fourth-order valence-corrected chi connectivity index (χ4v) is 2.76. The van der Waals surface area contributed by atoms with Crippen LogP contribution in [0.4, 0.5) is 4.79 Å². The van der Waals surface area contributed by atoms with E-state index < -0.39 is 17.5 Å². The van der Waals surface area contributed by atoms with Gasteiger partial charge in [-0.25, -0.2) is 9.59 Å². The van der Waals surface area contributed by atoms with Crippen molar-refractivity contribution >= 4 is 12.0 Å². The van der Waals surface area contributed by atoms with Crippen molar-refractivity contribution in [2.45, 2.75) is 50.6 Å². The lowest BCUT2D eigenvalue weighted by atomic mass is 9.90. The Balaban J connectivity index is 1.93. The van der Waals surface area contributed by atoms with Crippen molar-refractivity contribution in [2.24, 2.45) is 0 Å². The van der Waals surface area contributed by atoms with E-state index in [0.717, 1.165) is 31.2 Å². The normalized spacial score (nSPS) is 17.5. The largest absolute Gasteiger partial charge is 0.480 e. The standard InChI is InChI=1S/C16H22N2O3/c19-14(20)16(10-6-1-2-7-11-16)18-15(21)17-12-13-8-4-3-5-9-13/h3-5,8-9H,1-2,6-7,10-12H2,(H,19,20)(H2,17,18,21). The Morgan fingerprint density at radius 1 is 1.05 bits per heavy atom. The molecule has 1 saturated carbocycles. The van der Waals surface area contributed by atoms with Crippen molar-refractivity contribution in [1.29, 1.82) is 0 Å². The molecule has 0 saturated heterocycles. The van der Waals surface area contributed by atoms with Crippen molar-refractivity contribution in [3.05, 3.63) is 35.9 Å². The molecule has 1 aromatic carbocycles. The summed E-state index contributed by atoms with van der Waals surface area (Å²) in [5, 5.41) is 14.9. The number of urea groups is 1. The summed E-state index contributed by atoms with van der Waals surface area (Å²) in [7, 11) is 0. The number of rotatable bonds is 4. The van der Waals surface area contributed by atoms with E-state index in [2.05, 4.69) is 10.6 Å². The quantitative estimate of drug-likeness (QED) is 0.746. The maximum absolute atomic E-state index is 12.0. The summed E-state index contributed by atoms with van der Waals surface area (Å²) in [6, 6.07) is 9.13. The molecule has 0 unspecified atom stereocenters. The topological polar surface area (TPSA) is 78.4 Å². The smallest absolute Gasteiger partial charge is 0.329 e. The Kier molecular flexibility index (Phi) is 5.20. The molecule has 0 heterocycles. The number of hydrogen-bond donors (Lipinski definition) is 3. The van der Waals surface area contributed by atoms with Crippen LogP contribution < -0.4 is 10.6 Å². The van der Waals surface area contributed by atoms with Crippen LogP contribution in [-0.4, -0.2) is 22.6 Å². The van der Waals surface area contributed by atoms with Crippen LogP contribution in [-0.2, 0) is 11.3 Å². The van der Waals surface area contributed by atoms with Crippen LogP contribution in [0.3, 0.4) is 0 Å². The number of amides is 2.